The van der Waals surface area contributed by atoms with E-state index in [9.17, 15) is 22.4 Å². The van der Waals surface area contributed by atoms with Crippen molar-refractivity contribution in [2.24, 2.45) is 0 Å². The highest BCUT2D eigenvalue weighted by molar-refractivity contribution is 7.92. The fourth-order valence-electron chi connectivity index (χ4n) is 3.18. The summed E-state index contributed by atoms with van der Waals surface area (Å²) in [6.45, 7) is 1.78. The van der Waals surface area contributed by atoms with Crippen molar-refractivity contribution >= 4 is 38.9 Å². The quantitative estimate of drug-likeness (QED) is 0.334. The van der Waals surface area contributed by atoms with Gasteiger partial charge in [-0.3, -0.25) is 14.3 Å². The minimum atomic E-state index is -4.02. The molecule has 0 radical (unpaired) electrons. The second-order valence-corrected chi connectivity index (χ2v) is 9.20. The van der Waals surface area contributed by atoms with Crippen molar-refractivity contribution < 1.29 is 26.8 Å². The minimum Gasteiger partial charge on any atom is -0.459 e. The van der Waals surface area contributed by atoms with Gasteiger partial charge in [0.2, 0.25) is 0 Å². The number of aryl methyl sites for hydroxylation is 1. The molecule has 1 heterocycles. The van der Waals surface area contributed by atoms with E-state index in [0.717, 1.165) is 29.8 Å². The first kappa shape index (κ1) is 23.7. The van der Waals surface area contributed by atoms with Crippen molar-refractivity contribution in [3.8, 4) is 0 Å². The van der Waals surface area contributed by atoms with Gasteiger partial charge in [-0.2, -0.15) is 0 Å². The van der Waals surface area contributed by atoms with Crippen molar-refractivity contribution in [1.29, 1.82) is 0 Å². The molecule has 1 aromatic heterocycles. The third kappa shape index (κ3) is 5.56. The van der Waals surface area contributed by atoms with Gasteiger partial charge in [-0.15, -0.1) is 0 Å². The molecule has 4 rings (SSSR count). The zero-order chi connectivity index (χ0) is 25.0. The van der Waals surface area contributed by atoms with Crippen molar-refractivity contribution in [2.45, 2.75) is 11.8 Å². The van der Waals surface area contributed by atoms with E-state index in [1.54, 1.807) is 37.3 Å². The molecule has 0 fully saturated rings. The molecule has 3 aromatic carbocycles. The third-order valence-electron chi connectivity index (χ3n) is 5.04. The van der Waals surface area contributed by atoms with Crippen molar-refractivity contribution in [3.63, 3.8) is 0 Å². The zero-order valence-corrected chi connectivity index (χ0v) is 19.2. The lowest BCUT2D eigenvalue weighted by Gasteiger charge is -2.14. The van der Waals surface area contributed by atoms with Gasteiger partial charge in [-0.25, -0.2) is 12.8 Å². The van der Waals surface area contributed by atoms with Crippen LogP contribution in [-0.2, 0) is 10.0 Å². The highest BCUT2D eigenvalue weighted by Gasteiger charge is 2.18. The van der Waals surface area contributed by atoms with Gasteiger partial charge in [-0.1, -0.05) is 18.2 Å². The first-order valence-electron chi connectivity index (χ1n) is 10.4. The Morgan fingerprint density at radius 1 is 0.800 bits per heavy atom. The summed E-state index contributed by atoms with van der Waals surface area (Å²) in [6.07, 6.45) is 1.38. The van der Waals surface area contributed by atoms with Crippen LogP contribution in [0, 0.1) is 12.7 Å². The van der Waals surface area contributed by atoms with Crippen LogP contribution in [0.1, 0.15) is 26.5 Å². The summed E-state index contributed by atoms with van der Waals surface area (Å²) in [4.78, 5) is 25.1. The first-order chi connectivity index (χ1) is 16.7. The normalized spacial score (nSPS) is 11.0. The molecule has 2 amide bonds. The molecule has 0 aliphatic heterocycles. The predicted octanol–water partition coefficient (Wildman–Crippen LogP) is 5.03. The highest BCUT2D eigenvalue weighted by Crippen LogP contribution is 2.26. The van der Waals surface area contributed by atoms with E-state index in [0.29, 0.717) is 5.69 Å². The average Bonchev–Trinajstić information content (AvgIpc) is 3.37. The molecule has 0 saturated carbocycles. The number of carbonyl (C=O) groups is 2. The van der Waals surface area contributed by atoms with Crippen LogP contribution >= 0.6 is 0 Å². The van der Waals surface area contributed by atoms with Gasteiger partial charge in [0.25, 0.3) is 21.8 Å². The van der Waals surface area contributed by atoms with Crippen LogP contribution in [0.2, 0.25) is 0 Å². The molecule has 0 aliphatic rings. The van der Waals surface area contributed by atoms with Crippen molar-refractivity contribution in [1.82, 2.24) is 0 Å². The van der Waals surface area contributed by atoms with E-state index in [4.69, 9.17) is 4.42 Å². The molecule has 10 heteroatoms. The maximum atomic E-state index is 13.2. The predicted molar refractivity (Wildman–Crippen MR) is 129 cm³/mol. The van der Waals surface area contributed by atoms with E-state index < -0.39 is 27.7 Å². The number of hydrogen-bond acceptors (Lipinski definition) is 5. The van der Waals surface area contributed by atoms with Gasteiger partial charge in [0, 0.05) is 11.3 Å². The van der Waals surface area contributed by atoms with Crippen LogP contribution in [0.25, 0.3) is 0 Å². The maximum absolute atomic E-state index is 13.2. The van der Waals surface area contributed by atoms with E-state index in [1.807, 2.05) is 0 Å². The van der Waals surface area contributed by atoms with E-state index in [-0.39, 0.29) is 27.6 Å². The maximum Gasteiger partial charge on any atom is 0.291 e. The Hall–Kier alpha value is -4.44. The lowest BCUT2D eigenvalue weighted by atomic mass is 10.1. The second kappa shape index (κ2) is 9.82. The lowest BCUT2D eigenvalue weighted by Crippen LogP contribution is -2.18. The molecule has 0 bridgehead atoms. The van der Waals surface area contributed by atoms with Crippen LogP contribution < -0.4 is 15.4 Å². The Morgan fingerprint density at radius 3 is 2.17 bits per heavy atom. The lowest BCUT2D eigenvalue weighted by molar-refractivity contribution is 0.0993. The Labute approximate surface area is 200 Å². The molecule has 0 aliphatic carbocycles. The summed E-state index contributed by atoms with van der Waals surface area (Å²) in [5.74, 6) is -1.42. The highest BCUT2D eigenvalue weighted by atomic mass is 32.2. The molecule has 0 spiro atoms. The molecule has 0 saturated heterocycles. The number of furan rings is 1. The Bertz CT molecular complexity index is 1480. The van der Waals surface area contributed by atoms with Gasteiger partial charge in [0.1, 0.15) is 5.82 Å². The summed E-state index contributed by atoms with van der Waals surface area (Å²) < 4.78 is 46.1. The zero-order valence-electron chi connectivity index (χ0n) is 18.4. The molecular weight excluding hydrogens is 473 g/mol. The number of hydrogen-bond donors (Lipinski definition) is 3. The van der Waals surface area contributed by atoms with Crippen LogP contribution in [0.3, 0.4) is 0 Å². The van der Waals surface area contributed by atoms with Crippen LogP contribution in [0.5, 0.6) is 0 Å². The Kier molecular flexibility index (Phi) is 6.65. The molecule has 178 valence electrons. The molecule has 0 atom stereocenters. The first-order valence-corrected chi connectivity index (χ1v) is 11.9. The fourth-order valence-corrected chi connectivity index (χ4v) is 4.26. The van der Waals surface area contributed by atoms with Gasteiger partial charge in [0.15, 0.2) is 5.76 Å². The average molecular weight is 494 g/mol. The van der Waals surface area contributed by atoms with Crippen LogP contribution in [0.4, 0.5) is 21.5 Å². The smallest absolute Gasteiger partial charge is 0.291 e. The van der Waals surface area contributed by atoms with Gasteiger partial charge in [0.05, 0.1) is 22.5 Å². The van der Waals surface area contributed by atoms with E-state index in [2.05, 4.69) is 15.4 Å². The molecule has 8 nitrogen and oxygen atoms in total. The fraction of sp³-hybridized carbons (Fsp3) is 0.0400. The summed E-state index contributed by atoms with van der Waals surface area (Å²) >= 11 is 0. The molecule has 35 heavy (non-hydrogen) atoms. The van der Waals surface area contributed by atoms with Crippen molar-refractivity contribution in [3.05, 3.63) is 108 Å². The largest absolute Gasteiger partial charge is 0.459 e. The Morgan fingerprint density at radius 2 is 1.49 bits per heavy atom. The van der Waals surface area contributed by atoms with E-state index in [1.165, 1.54) is 30.5 Å². The number of amides is 2. The number of benzene rings is 3. The standard InChI is InChI=1S/C25H20FN3O5S/c1-16-8-9-17(15-22(16)28-25(31)23-7-4-14-34-23)24(30)27-20-5-2-3-6-21(20)29-35(32,33)19-12-10-18(26)11-13-19/h2-15,29H,1H3,(H,27,30)(H,28,31). The van der Waals surface area contributed by atoms with Crippen molar-refractivity contribution in [2.75, 3.05) is 15.4 Å². The second-order valence-electron chi connectivity index (χ2n) is 7.52. The molecular formula is C25H20FN3O5S. The topological polar surface area (TPSA) is 118 Å². The third-order valence-corrected chi connectivity index (χ3v) is 6.42. The summed E-state index contributed by atoms with van der Waals surface area (Å²) in [6, 6.07) is 18.5. The van der Waals surface area contributed by atoms with Gasteiger partial charge < -0.3 is 15.1 Å². The number of sulfonamides is 1. The number of nitrogens with one attached hydrogen (secondary N) is 3. The number of carbonyl (C=O) groups excluding carboxylic acids is 2. The van der Waals surface area contributed by atoms with Crippen LogP contribution in [0.15, 0.2) is 94.4 Å². The Balaban J connectivity index is 1.54. The summed E-state index contributed by atoms with van der Waals surface area (Å²) in [5.41, 5.74) is 1.73. The van der Waals surface area contributed by atoms with Crippen LogP contribution in [-0.4, -0.2) is 20.2 Å². The monoisotopic (exact) mass is 493 g/mol. The van der Waals surface area contributed by atoms with Gasteiger partial charge in [-0.05, 0) is 73.2 Å². The SMILES string of the molecule is Cc1ccc(C(=O)Nc2ccccc2NS(=O)(=O)c2ccc(F)cc2)cc1NC(=O)c1ccco1. The molecule has 3 N–H and O–H groups in total. The van der Waals surface area contributed by atoms with E-state index >= 15 is 0 Å². The summed E-state index contributed by atoms with van der Waals surface area (Å²) in [7, 11) is -4.02. The number of anilines is 3. The summed E-state index contributed by atoms with van der Waals surface area (Å²) in [5, 5.41) is 5.39. The minimum absolute atomic E-state index is 0.127. The van der Waals surface area contributed by atoms with Gasteiger partial charge >= 0.3 is 0 Å². The number of para-hydroxylation sites is 2. The molecule has 4 aromatic rings. The molecule has 0 unspecified atom stereocenters. The number of halogens is 1. The number of rotatable bonds is 7.